The van der Waals surface area contributed by atoms with Crippen LogP contribution in [0.5, 0.6) is 5.75 Å². The number of ether oxygens (including phenoxy) is 3. The fraction of sp³-hybridized carbons (Fsp3) is 0.400. The van der Waals surface area contributed by atoms with Crippen LogP contribution >= 0.6 is 11.6 Å². The summed E-state index contributed by atoms with van der Waals surface area (Å²) < 4.78 is 16.4. The van der Waals surface area contributed by atoms with Gasteiger partial charge in [-0.15, -0.1) is 0 Å². The molecule has 1 aliphatic heterocycles. The first kappa shape index (κ1) is 19.5. The van der Waals surface area contributed by atoms with E-state index in [0.29, 0.717) is 35.2 Å². The van der Waals surface area contributed by atoms with Crippen molar-refractivity contribution in [1.29, 1.82) is 0 Å². The Balaban J connectivity index is 1.87. The van der Waals surface area contributed by atoms with Gasteiger partial charge in [-0.05, 0) is 49.6 Å². The summed E-state index contributed by atoms with van der Waals surface area (Å²) in [5.74, 6) is 0.284. The molecular weight excluding hydrogens is 368 g/mol. The number of esters is 1. The molecule has 7 heteroatoms. The van der Waals surface area contributed by atoms with Crippen molar-refractivity contribution in [2.45, 2.75) is 32.9 Å². The summed E-state index contributed by atoms with van der Waals surface area (Å²) in [6.45, 7) is 5.33. The van der Waals surface area contributed by atoms with Crippen LogP contribution in [0.2, 0.25) is 5.02 Å². The van der Waals surface area contributed by atoms with Gasteiger partial charge in [-0.3, -0.25) is 4.98 Å². The van der Waals surface area contributed by atoms with Gasteiger partial charge in [0, 0.05) is 17.8 Å². The smallest absolute Gasteiger partial charge is 0.341 e. The number of hydrogen-bond acceptors (Lipinski definition) is 6. The van der Waals surface area contributed by atoms with Crippen molar-refractivity contribution in [1.82, 2.24) is 4.98 Å². The third-order valence-corrected chi connectivity index (χ3v) is 4.70. The zero-order valence-corrected chi connectivity index (χ0v) is 16.4. The number of rotatable bonds is 6. The molecule has 1 aromatic carbocycles. The number of aromatic nitrogens is 1. The van der Waals surface area contributed by atoms with Crippen LogP contribution in [0.25, 0.3) is 0 Å². The molecule has 6 nitrogen and oxygen atoms in total. The normalized spacial score (nSPS) is 16.2. The van der Waals surface area contributed by atoms with E-state index < -0.39 is 5.97 Å². The van der Waals surface area contributed by atoms with E-state index in [9.17, 15) is 4.79 Å². The summed E-state index contributed by atoms with van der Waals surface area (Å²) in [5, 5.41) is 4.02. The number of methoxy groups -OCH3 is 1. The van der Waals surface area contributed by atoms with Crippen LogP contribution in [0.3, 0.4) is 0 Å². The maximum atomic E-state index is 12.4. The number of halogens is 1. The molecule has 27 heavy (non-hydrogen) atoms. The van der Waals surface area contributed by atoms with Crippen molar-refractivity contribution in [3.63, 3.8) is 0 Å². The summed E-state index contributed by atoms with van der Waals surface area (Å²) in [6.07, 6.45) is 2.54. The Bertz CT molecular complexity index is 812. The Morgan fingerprint density at radius 2 is 2.11 bits per heavy atom. The standard InChI is InChI=1S/C20H23ClN2O4/c1-12-8-14(21)9-13(2)19(12)27-11-17-18(20(24)25-3)16(4-6-22-17)23-15-5-7-26-10-15/h4,6,8-9,15H,5,7,10-11H2,1-3H3,(H,22,23). The Labute approximate surface area is 163 Å². The van der Waals surface area contributed by atoms with Gasteiger partial charge in [-0.25, -0.2) is 4.79 Å². The predicted octanol–water partition coefficient (Wildman–Crippen LogP) is 3.92. The number of aryl methyl sites for hydroxylation is 2. The third kappa shape index (κ3) is 4.51. The highest BCUT2D eigenvalue weighted by atomic mass is 35.5. The molecule has 0 amide bonds. The molecule has 1 aliphatic rings. The molecule has 2 aromatic rings. The summed E-state index contributed by atoms with van der Waals surface area (Å²) in [6, 6.07) is 5.62. The van der Waals surface area contributed by atoms with Crippen LogP contribution in [-0.2, 0) is 16.1 Å². The maximum Gasteiger partial charge on any atom is 0.341 e. The van der Waals surface area contributed by atoms with E-state index in [0.717, 1.165) is 23.3 Å². The second-order valence-electron chi connectivity index (χ2n) is 6.53. The molecule has 1 unspecified atom stereocenters. The molecule has 0 saturated carbocycles. The minimum atomic E-state index is -0.451. The van der Waals surface area contributed by atoms with Gasteiger partial charge in [0.15, 0.2) is 0 Å². The molecule has 0 spiro atoms. The monoisotopic (exact) mass is 390 g/mol. The largest absolute Gasteiger partial charge is 0.487 e. The summed E-state index contributed by atoms with van der Waals surface area (Å²) in [4.78, 5) is 16.8. The maximum absolute atomic E-state index is 12.4. The Morgan fingerprint density at radius 3 is 2.74 bits per heavy atom. The fourth-order valence-electron chi connectivity index (χ4n) is 3.20. The lowest BCUT2D eigenvalue weighted by Crippen LogP contribution is -2.22. The van der Waals surface area contributed by atoms with E-state index in [1.54, 1.807) is 12.3 Å². The first-order valence-electron chi connectivity index (χ1n) is 8.79. The molecule has 0 radical (unpaired) electrons. The van der Waals surface area contributed by atoms with Crippen molar-refractivity contribution in [3.05, 3.63) is 51.8 Å². The summed E-state index contributed by atoms with van der Waals surface area (Å²) in [7, 11) is 1.36. The molecule has 1 atom stereocenters. The predicted molar refractivity (Wildman–Crippen MR) is 104 cm³/mol. The van der Waals surface area contributed by atoms with Gasteiger partial charge < -0.3 is 19.5 Å². The molecular formula is C20H23ClN2O4. The molecule has 0 bridgehead atoms. The van der Waals surface area contributed by atoms with Gasteiger partial charge in [0.25, 0.3) is 0 Å². The Hall–Kier alpha value is -2.31. The van der Waals surface area contributed by atoms with Crippen LogP contribution in [0.15, 0.2) is 24.4 Å². The van der Waals surface area contributed by atoms with Gasteiger partial charge >= 0.3 is 5.97 Å². The quantitative estimate of drug-likeness (QED) is 0.754. The van der Waals surface area contributed by atoms with Crippen molar-refractivity contribution >= 4 is 23.3 Å². The average molecular weight is 391 g/mol. The number of carbonyl (C=O) groups is 1. The van der Waals surface area contributed by atoms with Gasteiger partial charge in [-0.2, -0.15) is 0 Å². The van der Waals surface area contributed by atoms with Crippen LogP contribution in [0.1, 0.15) is 33.6 Å². The van der Waals surface area contributed by atoms with Crippen LogP contribution < -0.4 is 10.1 Å². The second kappa shape index (κ2) is 8.59. The third-order valence-electron chi connectivity index (χ3n) is 4.49. The molecule has 2 heterocycles. The van der Waals surface area contributed by atoms with Gasteiger partial charge in [0.05, 0.1) is 31.1 Å². The lowest BCUT2D eigenvalue weighted by molar-refractivity contribution is 0.0598. The molecule has 0 aliphatic carbocycles. The molecule has 1 aromatic heterocycles. The summed E-state index contributed by atoms with van der Waals surface area (Å²) >= 11 is 6.08. The minimum Gasteiger partial charge on any atom is -0.487 e. The van der Waals surface area contributed by atoms with E-state index in [2.05, 4.69) is 10.3 Å². The highest BCUT2D eigenvalue weighted by Gasteiger charge is 2.23. The van der Waals surface area contributed by atoms with Crippen molar-refractivity contribution in [3.8, 4) is 5.75 Å². The zero-order valence-electron chi connectivity index (χ0n) is 15.7. The van der Waals surface area contributed by atoms with Crippen LogP contribution in [-0.4, -0.2) is 37.3 Å². The SMILES string of the molecule is COC(=O)c1c(NC2CCOC2)ccnc1COc1c(C)cc(Cl)cc1C. The summed E-state index contributed by atoms with van der Waals surface area (Å²) in [5.41, 5.74) is 3.43. The molecule has 3 rings (SSSR count). The van der Waals surface area contributed by atoms with Gasteiger partial charge in [0.1, 0.15) is 17.9 Å². The van der Waals surface area contributed by atoms with Crippen LogP contribution in [0, 0.1) is 13.8 Å². The first-order valence-corrected chi connectivity index (χ1v) is 9.17. The van der Waals surface area contributed by atoms with Gasteiger partial charge in [-0.1, -0.05) is 11.6 Å². The molecule has 1 saturated heterocycles. The highest BCUT2D eigenvalue weighted by Crippen LogP contribution is 2.29. The minimum absolute atomic E-state index is 0.143. The number of pyridine rings is 1. The van der Waals surface area contributed by atoms with Crippen molar-refractivity contribution in [2.75, 3.05) is 25.6 Å². The number of hydrogen-bond donors (Lipinski definition) is 1. The highest BCUT2D eigenvalue weighted by molar-refractivity contribution is 6.30. The Kier molecular flexibility index (Phi) is 6.19. The number of nitrogens with one attached hydrogen (secondary N) is 1. The van der Waals surface area contributed by atoms with E-state index in [4.69, 9.17) is 25.8 Å². The molecule has 144 valence electrons. The fourth-order valence-corrected chi connectivity index (χ4v) is 3.53. The van der Waals surface area contributed by atoms with E-state index in [1.165, 1.54) is 7.11 Å². The zero-order chi connectivity index (χ0) is 19.4. The van der Waals surface area contributed by atoms with E-state index in [-0.39, 0.29) is 12.6 Å². The number of nitrogens with zero attached hydrogens (tertiary/aromatic N) is 1. The lowest BCUT2D eigenvalue weighted by Gasteiger charge is -2.18. The number of benzene rings is 1. The van der Waals surface area contributed by atoms with Gasteiger partial charge in [0.2, 0.25) is 0 Å². The molecule has 1 fully saturated rings. The topological polar surface area (TPSA) is 69.7 Å². The average Bonchev–Trinajstić information content (AvgIpc) is 3.13. The number of anilines is 1. The van der Waals surface area contributed by atoms with Crippen LogP contribution in [0.4, 0.5) is 5.69 Å². The van der Waals surface area contributed by atoms with Crippen molar-refractivity contribution < 1.29 is 19.0 Å². The van der Waals surface area contributed by atoms with E-state index >= 15 is 0 Å². The second-order valence-corrected chi connectivity index (χ2v) is 6.97. The Morgan fingerprint density at radius 1 is 1.37 bits per heavy atom. The van der Waals surface area contributed by atoms with E-state index in [1.807, 2.05) is 26.0 Å². The first-order chi connectivity index (χ1) is 13.0. The van der Waals surface area contributed by atoms with Crippen molar-refractivity contribution in [2.24, 2.45) is 0 Å². The lowest BCUT2D eigenvalue weighted by atomic mass is 10.1. The number of carbonyl (C=O) groups excluding carboxylic acids is 1. The molecule has 1 N–H and O–H groups in total.